The second-order valence-corrected chi connectivity index (χ2v) is 5.56. The van der Waals surface area contributed by atoms with Crippen LogP contribution < -0.4 is 0 Å². The molecule has 1 aliphatic carbocycles. The zero-order valence-electron chi connectivity index (χ0n) is 12.1. The molecule has 0 saturated heterocycles. The summed E-state index contributed by atoms with van der Waals surface area (Å²) in [5, 5.41) is 9.77. The molecule has 0 amide bonds. The standard InChI is InChI=1S/C16H11F5N2O/c1-22-9-2-4-10(5-3-9)23-8-11(16(19,20)21)13-12(23)6-7-15(17,18)14(13)24/h2-5,8,14,24H,6-7H2. The van der Waals surface area contributed by atoms with Crippen molar-refractivity contribution >= 4 is 5.69 Å². The quantitative estimate of drug-likeness (QED) is 0.593. The van der Waals surface area contributed by atoms with Crippen LogP contribution in [0.1, 0.15) is 29.3 Å². The van der Waals surface area contributed by atoms with E-state index in [1.165, 1.54) is 24.3 Å². The normalized spacial score (nSPS) is 19.6. The number of aromatic nitrogens is 1. The van der Waals surface area contributed by atoms with E-state index in [4.69, 9.17) is 6.57 Å². The number of aliphatic hydroxyl groups is 1. The topological polar surface area (TPSA) is 29.5 Å². The van der Waals surface area contributed by atoms with Crippen molar-refractivity contribution in [2.75, 3.05) is 0 Å². The molecule has 24 heavy (non-hydrogen) atoms. The van der Waals surface area contributed by atoms with Gasteiger partial charge >= 0.3 is 6.18 Å². The summed E-state index contributed by atoms with van der Waals surface area (Å²) in [5.74, 6) is -3.60. The van der Waals surface area contributed by atoms with Gasteiger partial charge in [0.2, 0.25) is 0 Å². The van der Waals surface area contributed by atoms with Crippen molar-refractivity contribution in [2.45, 2.75) is 31.0 Å². The van der Waals surface area contributed by atoms with Gasteiger partial charge in [0.25, 0.3) is 5.92 Å². The first-order valence-corrected chi connectivity index (χ1v) is 7.00. The Morgan fingerprint density at radius 3 is 2.38 bits per heavy atom. The molecule has 1 heterocycles. The van der Waals surface area contributed by atoms with E-state index < -0.39 is 35.8 Å². The maximum atomic E-state index is 13.7. The van der Waals surface area contributed by atoms with Gasteiger partial charge in [0.05, 0.1) is 12.1 Å². The van der Waals surface area contributed by atoms with Crippen LogP contribution in [0.2, 0.25) is 0 Å². The third-order valence-electron chi connectivity index (χ3n) is 4.08. The molecule has 3 rings (SSSR count). The number of alkyl halides is 5. The van der Waals surface area contributed by atoms with Gasteiger partial charge in [0.15, 0.2) is 5.69 Å². The number of aliphatic hydroxyl groups excluding tert-OH is 1. The summed E-state index contributed by atoms with van der Waals surface area (Å²) >= 11 is 0. The monoisotopic (exact) mass is 342 g/mol. The van der Waals surface area contributed by atoms with E-state index in [-0.39, 0.29) is 12.1 Å². The highest BCUT2D eigenvalue weighted by atomic mass is 19.4. The highest BCUT2D eigenvalue weighted by Crippen LogP contribution is 2.48. The number of nitrogens with zero attached hydrogens (tertiary/aromatic N) is 2. The predicted octanol–water partition coefficient (Wildman–Crippen LogP) is 4.66. The predicted molar refractivity (Wildman–Crippen MR) is 75.3 cm³/mol. The van der Waals surface area contributed by atoms with Crippen molar-refractivity contribution in [3.63, 3.8) is 0 Å². The Bertz CT molecular complexity index is 815. The number of halogens is 5. The Hall–Kier alpha value is -2.40. The average Bonchev–Trinajstić information content (AvgIpc) is 2.91. The van der Waals surface area contributed by atoms with E-state index >= 15 is 0 Å². The van der Waals surface area contributed by atoms with Crippen molar-refractivity contribution in [3.05, 3.63) is 58.7 Å². The lowest BCUT2D eigenvalue weighted by atomic mass is 9.89. The van der Waals surface area contributed by atoms with E-state index in [0.29, 0.717) is 11.4 Å². The van der Waals surface area contributed by atoms with E-state index in [1.807, 2.05) is 0 Å². The van der Waals surface area contributed by atoms with Crippen LogP contribution in [0.25, 0.3) is 10.5 Å². The largest absolute Gasteiger partial charge is 0.418 e. The lowest BCUT2D eigenvalue weighted by Crippen LogP contribution is -2.33. The summed E-state index contributed by atoms with van der Waals surface area (Å²) in [4.78, 5) is 3.19. The van der Waals surface area contributed by atoms with Gasteiger partial charge in [0.1, 0.15) is 6.10 Å². The number of hydrogen-bond acceptors (Lipinski definition) is 1. The molecule has 1 N–H and O–H groups in total. The molecule has 8 heteroatoms. The third kappa shape index (κ3) is 2.55. The molecule has 2 aromatic rings. The van der Waals surface area contributed by atoms with Gasteiger partial charge < -0.3 is 9.67 Å². The zero-order valence-corrected chi connectivity index (χ0v) is 12.1. The van der Waals surface area contributed by atoms with Gasteiger partial charge in [-0.3, -0.25) is 0 Å². The molecule has 1 aromatic heterocycles. The van der Waals surface area contributed by atoms with Gasteiger partial charge in [0, 0.05) is 29.6 Å². The molecule has 0 bridgehead atoms. The Balaban J connectivity index is 2.21. The molecule has 1 aromatic carbocycles. The van der Waals surface area contributed by atoms with Crippen LogP contribution in [-0.4, -0.2) is 15.6 Å². The summed E-state index contributed by atoms with van der Waals surface area (Å²) < 4.78 is 68.3. The fourth-order valence-corrected chi connectivity index (χ4v) is 2.90. The van der Waals surface area contributed by atoms with Crippen molar-refractivity contribution in [1.82, 2.24) is 4.57 Å². The summed E-state index contributed by atoms with van der Waals surface area (Å²) in [6.45, 7) is 6.88. The maximum absolute atomic E-state index is 13.7. The van der Waals surface area contributed by atoms with Crippen LogP contribution >= 0.6 is 0 Å². The summed E-state index contributed by atoms with van der Waals surface area (Å²) in [6.07, 6.45) is -7.66. The molecule has 0 spiro atoms. The van der Waals surface area contributed by atoms with Crippen LogP contribution in [0, 0.1) is 6.57 Å². The number of rotatable bonds is 1. The van der Waals surface area contributed by atoms with Crippen molar-refractivity contribution < 1.29 is 27.1 Å². The minimum absolute atomic E-state index is 0.0105. The number of hydrogen-bond donors (Lipinski definition) is 1. The van der Waals surface area contributed by atoms with Crippen molar-refractivity contribution in [3.8, 4) is 5.69 Å². The Morgan fingerprint density at radius 2 is 1.83 bits per heavy atom. The SMILES string of the molecule is [C-]#[N+]c1ccc(-n2cc(C(F)(F)F)c3c2CCC(F)(F)C3O)cc1. The fraction of sp³-hybridized carbons (Fsp3) is 0.312. The average molecular weight is 342 g/mol. The second kappa shape index (κ2) is 5.31. The molecule has 0 saturated carbocycles. The van der Waals surface area contributed by atoms with E-state index in [2.05, 4.69) is 4.85 Å². The zero-order chi connectivity index (χ0) is 17.7. The summed E-state index contributed by atoms with van der Waals surface area (Å²) in [7, 11) is 0. The smallest absolute Gasteiger partial charge is 0.382 e. The molecule has 1 atom stereocenters. The van der Waals surface area contributed by atoms with Crippen LogP contribution in [0.5, 0.6) is 0 Å². The molecule has 126 valence electrons. The van der Waals surface area contributed by atoms with Gasteiger partial charge in [-0.05, 0) is 18.6 Å². The summed E-state index contributed by atoms with van der Waals surface area (Å²) in [6, 6.07) is 5.73. The first-order valence-electron chi connectivity index (χ1n) is 7.00. The second-order valence-electron chi connectivity index (χ2n) is 5.56. The lowest BCUT2D eigenvalue weighted by Gasteiger charge is -2.29. The third-order valence-corrected chi connectivity index (χ3v) is 4.08. The number of fused-ring (bicyclic) bond motifs is 1. The maximum Gasteiger partial charge on any atom is 0.418 e. The highest BCUT2D eigenvalue weighted by Gasteiger charge is 2.50. The van der Waals surface area contributed by atoms with Crippen molar-refractivity contribution in [2.24, 2.45) is 0 Å². The minimum atomic E-state index is -4.86. The van der Waals surface area contributed by atoms with Gasteiger partial charge in [-0.25, -0.2) is 13.6 Å². The van der Waals surface area contributed by atoms with Crippen molar-refractivity contribution in [1.29, 1.82) is 0 Å². The minimum Gasteiger partial charge on any atom is -0.382 e. The molecule has 1 aliphatic rings. The molecule has 0 aliphatic heterocycles. The fourth-order valence-electron chi connectivity index (χ4n) is 2.90. The highest BCUT2D eigenvalue weighted by molar-refractivity contribution is 5.52. The van der Waals surface area contributed by atoms with Crippen LogP contribution in [0.15, 0.2) is 30.5 Å². The van der Waals surface area contributed by atoms with Gasteiger partial charge in [-0.2, -0.15) is 13.2 Å². The van der Waals surface area contributed by atoms with Gasteiger partial charge in [-0.1, -0.05) is 12.1 Å². The molecular formula is C16H11F5N2O. The molecule has 3 nitrogen and oxygen atoms in total. The Morgan fingerprint density at radius 1 is 1.21 bits per heavy atom. The van der Waals surface area contributed by atoms with Crippen LogP contribution in [0.3, 0.4) is 0 Å². The van der Waals surface area contributed by atoms with Crippen LogP contribution in [0.4, 0.5) is 27.6 Å². The van der Waals surface area contributed by atoms with E-state index in [1.54, 1.807) is 0 Å². The molecule has 1 unspecified atom stereocenters. The molecular weight excluding hydrogens is 331 g/mol. The molecule has 0 radical (unpaired) electrons. The first kappa shape index (κ1) is 16.5. The lowest BCUT2D eigenvalue weighted by molar-refractivity contribution is -0.147. The van der Waals surface area contributed by atoms with E-state index in [0.717, 1.165) is 10.8 Å². The Kier molecular flexibility index (Phi) is 3.64. The summed E-state index contributed by atoms with van der Waals surface area (Å²) in [5.41, 5.74) is -1.41. The molecule has 0 fully saturated rings. The first-order chi connectivity index (χ1) is 11.1. The van der Waals surface area contributed by atoms with Gasteiger partial charge in [-0.15, -0.1) is 0 Å². The number of benzene rings is 1. The Labute approximate surface area is 133 Å². The van der Waals surface area contributed by atoms with Crippen LogP contribution in [-0.2, 0) is 12.6 Å². The van der Waals surface area contributed by atoms with E-state index in [9.17, 15) is 27.1 Å².